The standard InChI is InChI=1S/C15H21BrN2O3/c1-9(2)12(14(20)21-15(3,4)5)18-13(19)10-6-7-17-11(16)8-10/h6-9,12H,1-5H3,(H,18,19)/t12-/m0/s1. The normalized spacial score (nSPS) is 12.9. The summed E-state index contributed by atoms with van der Waals surface area (Å²) in [6, 6.07) is 2.50. The third kappa shape index (κ3) is 5.83. The van der Waals surface area contributed by atoms with E-state index in [1.165, 1.54) is 6.20 Å². The number of carbonyl (C=O) groups excluding carboxylic acids is 2. The smallest absolute Gasteiger partial charge is 0.329 e. The molecule has 0 saturated carbocycles. The van der Waals surface area contributed by atoms with Gasteiger partial charge in [-0.25, -0.2) is 9.78 Å². The van der Waals surface area contributed by atoms with Crippen LogP contribution >= 0.6 is 15.9 Å². The van der Waals surface area contributed by atoms with Crippen molar-refractivity contribution < 1.29 is 14.3 Å². The van der Waals surface area contributed by atoms with Crippen LogP contribution in [0.15, 0.2) is 22.9 Å². The summed E-state index contributed by atoms with van der Waals surface area (Å²) in [5, 5.41) is 2.72. The van der Waals surface area contributed by atoms with E-state index < -0.39 is 17.6 Å². The summed E-state index contributed by atoms with van der Waals surface area (Å²) in [6.07, 6.45) is 1.52. The second kappa shape index (κ2) is 7.02. The molecule has 116 valence electrons. The lowest BCUT2D eigenvalue weighted by Gasteiger charge is -2.26. The molecule has 1 aromatic heterocycles. The summed E-state index contributed by atoms with van der Waals surface area (Å²) in [6.45, 7) is 9.10. The Morgan fingerprint density at radius 1 is 1.33 bits per heavy atom. The Labute approximate surface area is 133 Å². The van der Waals surface area contributed by atoms with E-state index in [4.69, 9.17) is 4.74 Å². The van der Waals surface area contributed by atoms with Crippen molar-refractivity contribution in [2.45, 2.75) is 46.3 Å². The number of aromatic nitrogens is 1. The molecule has 0 fully saturated rings. The first-order chi connectivity index (χ1) is 9.60. The largest absolute Gasteiger partial charge is 0.458 e. The maximum absolute atomic E-state index is 12.2. The van der Waals surface area contributed by atoms with Gasteiger partial charge in [-0.05, 0) is 54.8 Å². The third-order valence-electron chi connectivity index (χ3n) is 2.60. The van der Waals surface area contributed by atoms with Crippen molar-refractivity contribution in [3.8, 4) is 0 Å². The van der Waals surface area contributed by atoms with Crippen molar-refractivity contribution in [2.24, 2.45) is 5.92 Å². The molecule has 0 saturated heterocycles. The molecule has 0 radical (unpaired) electrons. The Bertz CT molecular complexity index is 524. The van der Waals surface area contributed by atoms with Gasteiger partial charge in [0.15, 0.2) is 0 Å². The minimum Gasteiger partial charge on any atom is -0.458 e. The van der Waals surface area contributed by atoms with Gasteiger partial charge in [0.1, 0.15) is 16.2 Å². The summed E-state index contributed by atoms with van der Waals surface area (Å²) in [5.41, 5.74) is -0.152. The average Bonchev–Trinajstić information content (AvgIpc) is 2.32. The molecule has 1 N–H and O–H groups in total. The highest BCUT2D eigenvalue weighted by Crippen LogP contribution is 2.14. The Morgan fingerprint density at radius 2 is 1.95 bits per heavy atom. The molecule has 5 nitrogen and oxygen atoms in total. The molecule has 1 atom stereocenters. The van der Waals surface area contributed by atoms with E-state index in [2.05, 4.69) is 26.2 Å². The van der Waals surface area contributed by atoms with Crippen LogP contribution in [0.5, 0.6) is 0 Å². The fraction of sp³-hybridized carbons (Fsp3) is 0.533. The molecule has 0 aliphatic carbocycles. The van der Waals surface area contributed by atoms with Gasteiger partial charge in [-0.3, -0.25) is 4.79 Å². The highest BCUT2D eigenvalue weighted by Gasteiger charge is 2.29. The Kier molecular flexibility index (Phi) is 5.89. The van der Waals surface area contributed by atoms with E-state index >= 15 is 0 Å². The van der Waals surface area contributed by atoms with Gasteiger partial charge < -0.3 is 10.1 Å². The van der Waals surface area contributed by atoms with Crippen LogP contribution in [-0.4, -0.2) is 28.5 Å². The van der Waals surface area contributed by atoms with Crippen LogP contribution in [0.1, 0.15) is 45.0 Å². The van der Waals surface area contributed by atoms with Crippen molar-refractivity contribution in [3.05, 3.63) is 28.5 Å². The first-order valence-electron chi connectivity index (χ1n) is 6.75. The predicted molar refractivity (Wildman–Crippen MR) is 83.9 cm³/mol. The fourth-order valence-corrected chi connectivity index (χ4v) is 2.00. The van der Waals surface area contributed by atoms with Gasteiger partial charge in [0, 0.05) is 11.8 Å². The highest BCUT2D eigenvalue weighted by atomic mass is 79.9. The van der Waals surface area contributed by atoms with Gasteiger partial charge in [0.2, 0.25) is 0 Å². The summed E-state index contributed by atoms with van der Waals surface area (Å²) >= 11 is 3.21. The van der Waals surface area contributed by atoms with E-state index in [9.17, 15) is 9.59 Å². The second-order valence-electron chi connectivity index (χ2n) is 6.10. The predicted octanol–water partition coefficient (Wildman–Crippen LogP) is 2.94. The molecule has 0 spiro atoms. The number of hydrogen-bond donors (Lipinski definition) is 1. The maximum Gasteiger partial charge on any atom is 0.329 e. The van der Waals surface area contributed by atoms with Crippen LogP contribution in [0.25, 0.3) is 0 Å². The topological polar surface area (TPSA) is 68.3 Å². The first kappa shape index (κ1) is 17.6. The quantitative estimate of drug-likeness (QED) is 0.665. The number of esters is 1. The van der Waals surface area contributed by atoms with Crippen LogP contribution in [0, 0.1) is 5.92 Å². The Balaban J connectivity index is 2.84. The maximum atomic E-state index is 12.2. The SMILES string of the molecule is CC(C)[C@H](NC(=O)c1ccnc(Br)c1)C(=O)OC(C)(C)C. The molecule has 0 aromatic carbocycles. The number of hydrogen-bond acceptors (Lipinski definition) is 4. The van der Waals surface area contributed by atoms with Gasteiger partial charge in [-0.2, -0.15) is 0 Å². The van der Waals surface area contributed by atoms with Gasteiger partial charge in [0.05, 0.1) is 0 Å². The number of pyridine rings is 1. The van der Waals surface area contributed by atoms with Crippen molar-refractivity contribution >= 4 is 27.8 Å². The molecule has 6 heteroatoms. The molecule has 0 bridgehead atoms. The summed E-state index contributed by atoms with van der Waals surface area (Å²) in [5.74, 6) is -0.837. The minimum absolute atomic E-state index is 0.0749. The van der Waals surface area contributed by atoms with Gasteiger partial charge in [-0.15, -0.1) is 0 Å². The second-order valence-corrected chi connectivity index (χ2v) is 6.91. The average molecular weight is 357 g/mol. The lowest BCUT2D eigenvalue weighted by molar-refractivity contribution is -0.158. The number of nitrogens with one attached hydrogen (secondary N) is 1. The molecule has 0 aliphatic heterocycles. The zero-order valence-corrected chi connectivity index (χ0v) is 14.5. The van der Waals surface area contributed by atoms with E-state index in [-0.39, 0.29) is 11.8 Å². The highest BCUT2D eigenvalue weighted by molar-refractivity contribution is 9.10. The number of carbonyl (C=O) groups is 2. The Hall–Kier alpha value is -1.43. The number of amides is 1. The van der Waals surface area contributed by atoms with Gasteiger partial charge in [-0.1, -0.05) is 13.8 Å². The van der Waals surface area contributed by atoms with Crippen LogP contribution < -0.4 is 5.32 Å². The first-order valence-corrected chi connectivity index (χ1v) is 7.55. The third-order valence-corrected chi connectivity index (χ3v) is 3.04. The Morgan fingerprint density at radius 3 is 2.43 bits per heavy atom. The monoisotopic (exact) mass is 356 g/mol. The van der Waals surface area contributed by atoms with Crippen molar-refractivity contribution in [2.75, 3.05) is 0 Å². The van der Waals surface area contributed by atoms with Crippen molar-refractivity contribution in [1.29, 1.82) is 0 Å². The van der Waals surface area contributed by atoms with Crippen LogP contribution in [0.3, 0.4) is 0 Å². The fourth-order valence-electron chi connectivity index (χ4n) is 1.63. The number of halogens is 1. The zero-order chi connectivity index (χ0) is 16.2. The molecule has 1 heterocycles. The van der Waals surface area contributed by atoms with Gasteiger partial charge >= 0.3 is 5.97 Å². The van der Waals surface area contributed by atoms with Gasteiger partial charge in [0.25, 0.3) is 5.91 Å². The summed E-state index contributed by atoms with van der Waals surface area (Å²) in [4.78, 5) is 28.4. The van der Waals surface area contributed by atoms with E-state index in [0.29, 0.717) is 10.2 Å². The van der Waals surface area contributed by atoms with Crippen LogP contribution in [0.2, 0.25) is 0 Å². The number of nitrogens with zero attached hydrogens (tertiary/aromatic N) is 1. The van der Waals surface area contributed by atoms with Crippen molar-refractivity contribution in [3.63, 3.8) is 0 Å². The van der Waals surface area contributed by atoms with E-state index in [1.807, 2.05) is 13.8 Å². The van der Waals surface area contributed by atoms with Crippen molar-refractivity contribution in [1.82, 2.24) is 10.3 Å². The van der Waals surface area contributed by atoms with E-state index in [1.54, 1.807) is 32.9 Å². The summed E-state index contributed by atoms with van der Waals surface area (Å²) < 4.78 is 5.91. The molecule has 0 aliphatic rings. The minimum atomic E-state index is -0.691. The lowest BCUT2D eigenvalue weighted by atomic mass is 10.0. The zero-order valence-electron chi connectivity index (χ0n) is 12.9. The van der Waals surface area contributed by atoms with E-state index in [0.717, 1.165) is 0 Å². The number of ether oxygens (including phenoxy) is 1. The molecular weight excluding hydrogens is 336 g/mol. The van der Waals surface area contributed by atoms with Crippen LogP contribution in [0.4, 0.5) is 0 Å². The molecule has 0 unspecified atom stereocenters. The lowest BCUT2D eigenvalue weighted by Crippen LogP contribution is -2.47. The molecular formula is C15H21BrN2O3. The number of rotatable bonds is 4. The molecule has 1 amide bonds. The molecule has 1 aromatic rings. The molecule has 1 rings (SSSR count). The molecule has 21 heavy (non-hydrogen) atoms. The van der Waals surface area contributed by atoms with Crippen LogP contribution in [-0.2, 0) is 9.53 Å². The summed E-state index contributed by atoms with van der Waals surface area (Å²) in [7, 11) is 0.